The Morgan fingerprint density at radius 3 is 2.68 bits per heavy atom. The van der Waals surface area contributed by atoms with E-state index in [-0.39, 0.29) is 29.6 Å². The van der Waals surface area contributed by atoms with Crippen molar-refractivity contribution in [3.05, 3.63) is 59.8 Å². The minimum atomic E-state index is -0.121. The number of anilines is 2. The minimum Gasteiger partial charge on any atom is -0.381 e. The third kappa shape index (κ3) is 5.70. The molecule has 3 aromatic rings. The first-order valence-corrected chi connectivity index (χ1v) is 13.3. The molecular weight excluding hydrogens is 482 g/mol. The smallest absolute Gasteiger partial charge is 0.245 e. The highest BCUT2D eigenvalue weighted by Gasteiger charge is 2.34. The van der Waals surface area contributed by atoms with Crippen LogP contribution in [0.15, 0.2) is 43.1 Å². The number of amides is 1. The van der Waals surface area contributed by atoms with E-state index < -0.39 is 0 Å². The Kier molecular flexibility index (Phi) is 7.69. The van der Waals surface area contributed by atoms with E-state index in [1.807, 2.05) is 30.5 Å². The number of carbonyl (C=O) groups is 2. The van der Waals surface area contributed by atoms with Crippen LogP contribution in [-0.4, -0.2) is 68.5 Å². The van der Waals surface area contributed by atoms with Gasteiger partial charge in [-0.1, -0.05) is 44.7 Å². The average molecular weight is 518 g/mol. The molecule has 200 valence electrons. The van der Waals surface area contributed by atoms with Gasteiger partial charge in [0.25, 0.3) is 0 Å². The summed E-state index contributed by atoms with van der Waals surface area (Å²) in [6.07, 6.45) is 5.33. The minimum absolute atomic E-state index is 0.105. The van der Waals surface area contributed by atoms with Crippen LogP contribution in [0.4, 0.5) is 11.9 Å². The molecule has 0 radical (unpaired) electrons. The molecule has 38 heavy (non-hydrogen) atoms. The molecule has 1 aromatic carbocycles. The first-order valence-electron chi connectivity index (χ1n) is 13.3. The van der Waals surface area contributed by atoms with Gasteiger partial charge in [0.15, 0.2) is 5.65 Å². The lowest BCUT2D eigenvalue weighted by molar-refractivity contribution is -0.138. The number of hydrogen-bond acceptors (Lipinski definition) is 8. The topological polar surface area (TPSA) is 114 Å². The molecule has 0 unspecified atom stereocenters. The Balaban J connectivity index is 1.28. The molecule has 5 rings (SSSR count). The lowest BCUT2D eigenvalue weighted by Gasteiger charge is -2.37. The Morgan fingerprint density at radius 1 is 1.18 bits per heavy atom. The van der Waals surface area contributed by atoms with Gasteiger partial charge in [-0.2, -0.15) is 19.6 Å². The summed E-state index contributed by atoms with van der Waals surface area (Å²) >= 11 is 0. The van der Waals surface area contributed by atoms with E-state index in [1.165, 1.54) is 6.08 Å². The molecule has 10 nitrogen and oxygen atoms in total. The van der Waals surface area contributed by atoms with Crippen molar-refractivity contribution in [1.82, 2.24) is 24.5 Å². The summed E-state index contributed by atoms with van der Waals surface area (Å²) < 4.78 is 7.24. The van der Waals surface area contributed by atoms with Crippen LogP contribution in [0.3, 0.4) is 0 Å². The molecule has 2 N–H and O–H groups in total. The molecule has 2 aromatic heterocycles. The fraction of sp³-hybridized carbons (Fsp3) is 0.464. The first kappa shape index (κ1) is 25.8. The third-order valence-corrected chi connectivity index (χ3v) is 7.22. The van der Waals surface area contributed by atoms with Crippen LogP contribution < -0.4 is 10.6 Å². The zero-order valence-electron chi connectivity index (χ0n) is 22.0. The number of aromatic nitrogens is 4. The molecule has 0 saturated carbocycles. The van der Waals surface area contributed by atoms with E-state index in [2.05, 4.69) is 36.2 Å². The number of carbonyl (C=O) groups excluding carboxylic acids is 2. The van der Waals surface area contributed by atoms with Gasteiger partial charge in [0.05, 0.1) is 12.1 Å². The first-order chi connectivity index (χ1) is 18.4. The maximum absolute atomic E-state index is 12.7. The number of nitrogens with zero attached hydrogens (tertiary/aromatic N) is 5. The molecule has 10 heteroatoms. The number of ketones is 1. The van der Waals surface area contributed by atoms with Gasteiger partial charge in [-0.05, 0) is 36.0 Å². The molecular formula is C28H35N7O3. The number of benzene rings is 1. The highest BCUT2D eigenvalue weighted by molar-refractivity contribution is 5.91. The molecule has 4 heterocycles. The summed E-state index contributed by atoms with van der Waals surface area (Å²) in [6.45, 7) is 10.7. The van der Waals surface area contributed by atoms with Gasteiger partial charge < -0.3 is 20.3 Å². The van der Waals surface area contributed by atoms with E-state index in [1.54, 1.807) is 9.42 Å². The highest BCUT2D eigenvalue weighted by Crippen LogP contribution is 2.24. The van der Waals surface area contributed by atoms with E-state index in [0.29, 0.717) is 38.0 Å². The van der Waals surface area contributed by atoms with Crippen LogP contribution in [0.2, 0.25) is 0 Å². The number of nitrogens with one attached hydrogen (secondary N) is 2. The van der Waals surface area contributed by atoms with Gasteiger partial charge in [0.1, 0.15) is 5.78 Å². The second kappa shape index (κ2) is 11.3. The number of fused-ring (bicyclic) bond motifs is 1. The molecule has 2 aliphatic heterocycles. The summed E-state index contributed by atoms with van der Waals surface area (Å²) in [4.78, 5) is 35.6. The zero-order valence-corrected chi connectivity index (χ0v) is 22.0. The van der Waals surface area contributed by atoms with Crippen molar-refractivity contribution < 1.29 is 14.3 Å². The van der Waals surface area contributed by atoms with Crippen LogP contribution >= 0.6 is 0 Å². The monoisotopic (exact) mass is 517 g/mol. The summed E-state index contributed by atoms with van der Waals surface area (Å²) in [5.74, 6) is 1.40. The van der Waals surface area contributed by atoms with Crippen molar-refractivity contribution in [2.75, 3.05) is 36.9 Å². The van der Waals surface area contributed by atoms with Crippen molar-refractivity contribution in [3.8, 4) is 0 Å². The van der Waals surface area contributed by atoms with E-state index in [4.69, 9.17) is 14.7 Å². The maximum atomic E-state index is 12.7. The van der Waals surface area contributed by atoms with E-state index >= 15 is 0 Å². The predicted molar refractivity (Wildman–Crippen MR) is 145 cm³/mol. The lowest BCUT2D eigenvalue weighted by Crippen LogP contribution is -2.52. The van der Waals surface area contributed by atoms with Crippen LogP contribution in [0.1, 0.15) is 49.3 Å². The molecule has 0 aliphatic carbocycles. The maximum Gasteiger partial charge on any atom is 0.245 e. The third-order valence-electron chi connectivity index (χ3n) is 7.22. The summed E-state index contributed by atoms with van der Waals surface area (Å²) in [5, 5.41) is 11.5. The second-order valence-electron chi connectivity index (χ2n) is 10.4. The van der Waals surface area contributed by atoms with Gasteiger partial charge in [0.2, 0.25) is 17.8 Å². The summed E-state index contributed by atoms with van der Waals surface area (Å²) in [6, 6.07) is 8.27. The Hall–Kier alpha value is -3.79. The number of hydrogen-bond donors (Lipinski definition) is 2. The number of rotatable bonds is 10. The zero-order chi connectivity index (χ0) is 26.6. The van der Waals surface area contributed by atoms with Gasteiger partial charge >= 0.3 is 0 Å². The van der Waals surface area contributed by atoms with E-state index in [9.17, 15) is 9.59 Å². The Bertz CT molecular complexity index is 1320. The number of Topliss-reactive ketones (excluding diaryl/α,β-unsaturated/α-hetero) is 1. The van der Waals surface area contributed by atoms with Crippen LogP contribution in [-0.2, 0) is 27.3 Å². The van der Waals surface area contributed by atoms with Crippen molar-refractivity contribution >= 4 is 29.2 Å². The van der Waals surface area contributed by atoms with Gasteiger partial charge in [-0.3, -0.25) is 9.59 Å². The van der Waals surface area contributed by atoms with Gasteiger partial charge in [-0.25, -0.2) is 0 Å². The molecule has 0 atom stereocenters. The Labute approximate surface area is 222 Å². The fourth-order valence-electron chi connectivity index (χ4n) is 4.87. The van der Waals surface area contributed by atoms with Crippen LogP contribution in [0.5, 0.6) is 0 Å². The van der Waals surface area contributed by atoms with Crippen molar-refractivity contribution in [2.45, 2.75) is 51.6 Å². The Morgan fingerprint density at radius 2 is 1.95 bits per heavy atom. The second-order valence-corrected chi connectivity index (χ2v) is 10.4. The number of ether oxygens (including phenoxy) is 1. The van der Waals surface area contributed by atoms with Gasteiger partial charge in [-0.15, -0.1) is 0 Å². The summed E-state index contributed by atoms with van der Waals surface area (Å²) in [5.41, 5.74) is 3.85. The molecule has 1 amide bonds. The van der Waals surface area contributed by atoms with E-state index in [0.717, 1.165) is 48.4 Å². The average Bonchev–Trinajstić information content (AvgIpc) is 3.31. The molecule has 2 saturated heterocycles. The summed E-state index contributed by atoms with van der Waals surface area (Å²) in [7, 11) is 0. The predicted octanol–water partition coefficient (Wildman–Crippen LogP) is 3.21. The molecule has 0 bridgehead atoms. The quantitative estimate of drug-likeness (QED) is 0.394. The standard InChI is InChI=1S/C28H35N7O3/c1-4-25(37)34-16-21(17-34)24(36)13-19-6-5-7-20(12-19)14-29-28-33-27(31-22-8-10-38-11-9-22)32-26-23(18(2)3)15-30-35(26)28/h4-7,12,15,18,21-22H,1,8-11,13-14,16-17H2,2-3H3,(H2,29,31,32,33). The largest absolute Gasteiger partial charge is 0.381 e. The number of likely N-dealkylation sites (tertiary alicyclic amines) is 1. The molecule has 0 spiro atoms. The normalized spacial score (nSPS) is 16.4. The lowest BCUT2D eigenvalue weighted by atomic mass is 9.90. The van der Waals surface area contributed by atoms with Crippen molar-refractivity contribution in [3.63, 3.8) is 0 Å². The van der Waals surface area contributed by atoms with Gasteiger partial charge in [0, 0.05) is 50.9 Å². The SMILES string of the molecule is C=CC(=O)N1CC(C(=O)Cc2cccc(CNc3nc(NC4CCOCC4)nc4c(C(C)C)cnn34)c2)C1. The van der Waals surface area contributed by atoms with Crippen LogP contribution in [0, 0.1) is 5.92 Å². The van der Waals surface area contributed by atoms with Crippen molar-refractivity contribution in [2.24, 2.45) is 5.92 Å². The fourth-order valence-corrected chi connectivity index (χ4v) is 4.87. The highest BCUT2D eigenvalue weighted by atomic mass is 16.5. The van der Waals surface area contributed by atoms with Crippen molar-refractivity contribution in [1.29, 1.82) is 0 Å². The molecule has 2 aliphatic rings. The van der Waals surface area contributed by atoms with Crippen LogP contribution in [0.25, 0.3) is 5.65 Å². The molecule has 2 fully saturated rings.